The standard InChI is InChI=1S/C18H22N6O2/c1-12(2)23-10-13(20-11-23)17-21-16(14-7-5-6-8-24(14)17)18(26)19-9-15(25)22(3)4/h5-8,10-12H,9H2,1-4H3,(H,19,26). The van der Waals surface area contributed by atoms with Crippen LogP contribution in [0.2, 0.25) is 0 Å². The number of carbonyl (C=O) groups is 2. The first kappa shape index (κ1) is 17.7. The molecule has 0 aliphatic rings. The molecule has 3 heterocycles. The minimum Gasteiger partial charge on any atom is -0.347 e. The number of fused-ring (bicyclic) bond motifs is 1. The molecule has 8 heteroatoms. The second-order valence-electron chi connectivity index (χ2n) is 6.51. The second kappa shape index (κ2) is 6.99. The van der Waals surface area contributed by atoms with Crippen LogP contribution in [0.1, 0.15) is 30.4 Å². The number of likely N-dealkylation sites (N-methyl/N-ethyl adjacent to an activating group) is 1. The third-order valence-corrected chi connectivity index (χ3v) is 4.09. The van der Waals surface area contributed by atoms with Gasteiger partial charge in [-0.3, -0.25) is 14.0 Å². The maximum absolute atomic E-state index is 12.6. The predicted molar refractivity (Wildman–Crippen MR) is 97.8 cm³/mol. The van der Waals surface area contributed by atoms with Crippen LogP contribution in [0.3, 0.4) is 0 Å². The number of nitrogens with zero attached hydrogens (tertiary/aromatic N) is 5. The highest BCUT2D eigenvalue weighted by atomic mass is 16.2. The van der Waals surface area contributed by atoms with Crippen LogP contribution in [-0.2, 0) is 4.79 Å². The Morgan fingerprint density at radius 2 is 2.04 bits per heavy atom. The maximum Gasteiger partial charge on any atom is 0.272 e. The summed E-state index contributed by atoms with van der Waals surface area (Å²) >= 11 is 0. The van der Waals surface area contributed by atoms with Gasteiger partial charge in [-0.15, -0.1) is 0 Å². The van der Waals surface area contributed by atoms with Gasteiger partial charge in [-0.25, -0.2) is 9.97 Å². The fourth-order valence-corrected chi connectivity index (χ4v) is 2.52. The molecule has 3 rings (SSSR count). The van der Waals surface area contributed by atoms with Gasteiger partial charge in [0, 0.05) is 32.5 Å². The molecule has 0 saturated carbocycles. The molecule has 0 bridgehead atoms. The summed E-state index contributed by atoms with van der Waals surface area (Å²) < 4.78 is 3.81. The van der Waals surface area contributed by atoms with Crippen molar-refractivity contribution in [2.45, 2.75) is 19.9 Å². The van der Waals surface area contributed by atoms with Crippen molar-refractivity contribution in [1.29, 1.82) is 0 Å². The third kappa shape index (κ3) is 3.30. The number of rotatable bonds is 5. The Kier molecular flexibility index (Phi) is 4.75. The van der Waals surface area contributed by atoms with Crippen LogP contribution in [-0.4, -0.2) is 56.3 Å². The molecule has 0 unspecified atom stereocenters. The molecule has 2 amide bonds. The number of imidazole rings is 2. The zero-order valence-corrected chi connectivity index (χ0v) is 15.3. The van der Waals surface area contributed by atoms with Gasteiger partial charge in [0.2, 0.25) is 5.91 Å². The Labute approximate surface area is 151 Å². The molecule has 0 saturated heterocycles. The zero-order valence-electron chi connectivity index (χ0n) is 15.3. The van der Waals surface area contributed by atoms with Crippen molar-refractivity contribution < 1.29 is 9.59 Å². The number of nitrogens with one attached hydrogen (secondary N) is 1. The Morgan fingerprint density at radius 1 is 1.27 bits per heavy atom. The van der Waals surface area contributed by atoms with E-state index in [4.69, 9.17) is 0 Å². The summed E-state index contributed by atoms with van der Waals surface area (Å²) in [6.45, 7) is 4.06. The first-order valence-corrected chi connectivity index (χ1v) is 8.37. The number of amides is 2. The van der Waals surface area contributed by atoms with Gasteiger partial charge in [-0.2, -0.15) is 0 Å². The highest BCUT2D eigenvalue weighted by Gasteiger charge is 2.20. The van der Waals surface area contributed by atoms with Crippen molar-refractivity contribution in [1.82, 2.24) is 29.2 Å². The van der Waals surface area contributed by atoms with E-state index in [0.717, 1.165) is 0 Å². The van der Waals surface area contributed by atoms with E-state index in [1.165, 1.54) is 4.90 Å². The molecule has 0 atom stereocenters. The van der Waals surface area contributed by atoms with Gasteiger partial charge >= 0.3 is 0 Å². The predicted octanol–water partition coefficient (Wildman–Crippen LogP) is 1.60. The quantitative estimate of drug-likeness (QED) is 0.754. The Bertz CT molecular complexity index is 954. The lowest BCUT2D eigenvalue weighted by Crippen LogP contribution is -2.36. The van der Waals surface area contributed by atoms with E-state index in [1.54, 1.807) is 20.4 Å². The molecule has 0 radical (unpaired) electrons. The zero-order chi connectivity index (χ0) is 18.8. The normalized spacial score (nSPS) is 11.1. The Balaban J connectivity index is 1.97. The average molecular weight is 354 g/mol. The van der Waals surface area contributed by atoms with Crippen LogP contribution in [0.15, 0.2) is 36.9 Å². The van der Waals surface area contributed by atoms with E-state index in [2.05, 4.69) is 29.1 Å². The van der Waals surface area contributed by atoms with E-state index in [1.807, 2.05) is 39.6 Å². The van der Waals surface area contributed by atoms with Crippen LogP contribution in [0.4, 0.5) is 0 Å². The molecule has 0 aliphatic carbocycles. The number of carbonyl (C=O) groups excluding carboxylic acids is 2. The molecule has 136 valence electrons. The molecule has 0 aromatic carbocycles. The molecular formula is C18H22N6O2. The van der Waals surface area contributed by atoms with Crippen LogP contribution in [0, 0.1) is 0 Å². The number of pyridine rings is 1. The summed E-state index contributed by atoms with van der Waals surface area (Å²) in [6.07, 6.45) is 5.50. The molecule has 0 fully saturated rings. The van der Waals surface area contributed by atoms with Gasteiger partial charge in [-0.05, 0) is 26.0 Å². The molecule has 0 spiro atoms. The van der Waals surface area contributed by atoms with Crippen molar-refractivity contribution in [2.24, 2.45) is 0 Å². The number of hydrogen-bond acceptors (Lipinski definition) is 4. The van der Waals surface area contributed by atoms with Crippen molar-refractivity contribution in [2.75, 3.05) is 20.6 Å². The summed E-state index contributed by atoms with van der Waals surface area (Å²) in [7, 11) is 3.29. The number of hydrogen-bond donors (Lipinski definition) is 1. The van der Waals surface area contributed by atoms with Gasteiger partial charge in [0.05, 0.1) is 18.4 Å². The maximum atomic E-state index is 12.6. The lowest BCUT2D eigenvalue weighted by atomic mass is 10.3. The van der Waals surface area contributed by atoms with E-state index in [0.29, 0.717) is 17.0 Å². The fraction of sp³-hybridized carbons (Fsp3) is 0.333. The van der Waals surface area contributed by atoms with Crippen LogP contribution in [0.5, 0.6) is 0 Å². The van der Waals surface area contributed by atoms with Crippen LogP contribution < -0.4 is 5.32 Å². The van der Waals surface area contributed by atoms with Crippen molar-refractivity contribution in [3.8, 4) is 11.5 Å². The Morgan fingerprint density at radius 3 is 2.69 bits per heavy atom. The summed E-state index contributed by atoms with van der Waals surface area (Å²) in [5.41, 5.74) is 1.62. The fourth-order valence-electron chi connectivity index (χ4n) is 2.52. The lowest BCUT2D eigenvalue weighted by Gasteiger charge is -2.10. The molecule has 3 aromatic rings. The van der Waals surface area contributed by atoms with E-state index >= 15 is 0 Å². The lowest BCUT2D eigenvalue weighted by molar-refractivity contribution is -0.127. The smallest absolute Gasteiger partial charge is 0.272 e. The van der Waals surface area contributed by atoms with E-state index in [-0.39, 0.29) is 24.2 Å². The largest absolute Gasteiger partial charge is 0.347 e. The molecule has 1 N–H and O–H groups in total. The molecule has 8 nitrogen and oxygen atoms in total. The first-order chi connectivity index (χ1) is 12.4. The number of aromatic nitrogens is 4. The van der Waals surface area contributed by atoms with Gasteiger partial charge < -0.3 is 14.8 Å². The average Bonchev–Trinajstić information content (AvgIpc) is 3.24. The minimum absolute atomic E-state index is 0.0744. The van der Waals surface area contributed by atoms with E-state index < -0.39 is 5.91 Å². The third-order valence-electron chi connectivity index (χ3n) is 4.09. The summed E-state index contributed by atoms with van der Waals surface area (Å²) in [5, 5.41) is 2.63. The molecular weight excluding hydrogens is 332 g/mol. The summed E-state index contributed by atoms with van der Waals surface area (Å²) in [5.74, 6) is 0.0142. The summed E-state index contributed by atoms with van der Waals surface area (Å²) in [4.78, 5) is 34.6. The molecule has 3 aromatic heterocycles. The van der Waals surface area contributed by atoms with Crippen LogP contribution >= 0.6 is 0 Å². The molecule has 26 heavy (non-hydrogen) atoms. The van der Waals surface area contributed by atoms with Gasteiger partial charge in [0.25, 0.3) is 5.91 Å². The SMILES string of the molecule is CC(C)n1cnc(-c2nc(C(=O)NCC(=O)N(C)C)c3ccccn23)c1. The highest BCUT2D eigenvalue weighted by molar-refractivity contribution is 6.01. The monoisotopic (exact) mass is 354 g/mol. The molecule has 0 aliphatic heterocycles. The highest BCUT2D eigenvalue weighted by Crippen LogP contribution is 2.22. The topological polar surface area (TPSA) is 84.5 Å². The summed E-state index contributed by atoms with van der Waals surface area (Å²) in [6, 6.07) is 5.81. The van der Waals surface area contributed by atoms with Crippen molar-refractivity contribution in [3.05, 3.63) is 42.6 Å². The van der Waals surface area contributed by atoms with Crippen LogP contribution in [0.25, 0.3) is 17.0 Å². The minimum atomic E-state index is -0.390. The van der Waals surface area contributed by atoms with Gasteiger partial charge in [-0.1, -0.05) is 6.07 Å². The Hall–Kier alpha value is -3.16. The second-order valence-corrected chi connectivity index (χ2v) is 6.51. The van der Waals surface area contributed by atoms with Gasteiger partial charge in [0.1, 0.15) is 5.69 Å². The first-order valence-electron chi connectivity index (χ1n) is 8.37. The van der Waals surface area contributed by atoms with E-state index in [9.17, 15) is 9.59 Å². The van der Waals surface area contributed by atoms with Crippen molar-refractivity contribution >= 4 is 17.3 Å². The van der Waals surface area contributed by atoms with Gasteiger partial charge in [0.15, 0.2) is 11.5 Å². The van der Waals surface area contributed by atoms with Crippen molar-refractivity contribution in [3.63, 3.8) is 0 Å².